The van der Waals surface area contributed by atoms with Gasteiger partial charge in [-0.15, -0.1) is 0 Å². The summed E-state index contributed by atoms with van der Waals surface area (Å²) >= 11 is 0. The van der Waals surface area contributed by atoms with Gasteiger partial charge in [0.05, 0.1) is 5.84 Å². The van der Waals surface area contributed by atoms with E-state index in [1.54, 1.807) is 13.0 Å². The molecule has 0 heterocycles. The minimum absolute atomic E-state index is 0. The zero-order valence-corrected chi connectivity index (χ0v) is 18.9. The number of aliphatic hydroxyl groups is 1. The summed E-state index contributed by atoms with van der Waals surface area (Å²) in [5.41, 5.74) is 5.66. The summed E-state index contributed by atoms with van der Waals surface area (Å²) < 4.78 is 0. The number of carbonyl (C=O) groups excluding carboxylic acids is 1. The maximum absolute atomic E-state index is 11.5. The molecule has 0 saturated carbocycles. The number of amides is 1. The van der Waals surface area contributed by atoms with Crippen LogP contribution < -0.4 is 11.1 Å². The maximum atomic E-state index is 11.5. The van der Waals surface area contributed by atoms with Crippen LogP contribution >= 0.6 is 0 Å². The number of hydrogen-bond acceptors (Lipinski definition) is 4. The normalized spacial score (nSPS) is 23.9. The van der Waals surface area contributed by atoms with E-state index >= 15 is 0 Å². The summed E-state index contributed by atoms with van der Waals surface area (Å²) in [6.45, 7) is 10.7. The largest absolute Gasteiger partial charge is 0.478 e. The van der Waals surface area contributed by atoms with Crippen LogP contribution in [0.5, 0.6) is 0 Å². The fraction of sp³-hybridized carbons (Fsp3) is 0.611. The smallest absolute Gasteiger partial charge is 0.331 e. The number of nitrogens with one attached hydrogen (secondary N) is 2. The molecule has 8 heteroatoms. The van der Waals surface area contributed by atoms with Crippen LogP contribution in [0.4, 0.5) is 0 Å². The first-order chi connectivity index (χ1) is 11.5. The van der Waals surface area contributed by atoms with E-state index < -0.39 is 24.0 Å². The van der Waals surface area contributed by atoms with Crippen LogP contribution in [0.3, 0.4) is 0 Å². The van der Waals surface area contributed by atoms with E-state index in [0.29, 0.717) is 0 Å². The summed E-state index contributed by atoms with van der Waals surface area (Å²) in [5.74, 6) is -2.37. The average Bonchev–Trinajstić information content (AvgIpc) is 2.47. The summed E-state index contributed by atoms with van der Waals surface area (Å²) in [6, 6.07) is -0.393. The van der Waals surface area contributed by atoms with E-state index in [0.717, 1.165) is 0 Å². The van der Waals surface area contributed by atoms with Crippen LogP contribution in [-0.2, 0) is 42.3 Å². The van der Waals surface area contributed by atoms with Crippen LogP contribution in [0.2, 0.25) is 0 Å². The number of hydrogen-bond donors (Lipinski definition) is 5. The van der Waals surface area contributed by atoms with Crippen molar-refractivity contribution in [2.24, 2.45) is 23.5 Å². The molecule has 0 aromatic carbocycles. The molecule has 1 radical (unpaired) electrons. The number of nitrogens with two attached hydrogens (primary N) is 1. The molecule has 1 aliphatic rings. The quantitative estimate of drug-likeness (QED) is 0.241. The van der Waals surface area contributed by atoms with Gasteiger partial charge in [-0.3, -0.25) is 10.2 Å². The van der Waals surface area contributed by atoms with Crippen LogP contribution in [0.25, 0.3) is 0 Å². The summed E-state index contributed by atoms with van der Waals surface area (Å²) in [6.07, 6.45) is 3.05. The van der Waals surface area contributed by atoms with E-state index in [9.17, 15) is 19.8 Å². The fourth-order valence-corrected chi connectivity index (χ4v) is 2.97. The van der Waals surface area contributed by atoms with Gasteiger partial charge in [0.25, 0.3) is 0 Å². The predicted molar refractivity (Wildman–Crippen MR) is 97.6 cm³/mol. The second kappa shape index (κ2) is 13.4. The van der Waals surface area contributed by atoms with E-state index in [2.05, 4.69) is 12.2 Å². The third-order valence-electron chi connectivity index (χ3n) is 4.18. The van der Waals surface area contributed by atoms with Crippen molar-refractivity contribution in [3.63, 3.8) is 0 Å². The SMILES string of the molecule is C[CH-]C.[CH2-][C@@H](O)[C@@H](C)[C@@H]1CC(C(=O)O)=C[C@H](CC(=N)N)[C@H]1NC(C)=O.[Y]. The van der Waals surface area contributed by atoms with Crippen LogP contribution in [0.15, 0.2) is 11.6 Å². The standard InChI is InChI=1S/C15H24N3O4.C3H7.Y/c1-7(8(2)19)12-5-11(15(21)22)4-10(6-13(16)17)14(12)18-9(3)20;1-3-2;/h4,7-8,10,12,14,19H,2,5-6H2,1,3H3,(H3,16,17)(H,18,20)(H,21,22);3H,1-2H3;/q2*-1;/t7-,8-,10-,12+,14-;;/m1../s1. The molecule has 7 nitrogen and oxygen atoms in total. The molecule has 26 heavy (non-hydrogen) atoms. The van der Waals surface area contributed by atoms with Gasteiger partial charge in [-0.25, -0.2) is 4.79 Å². The fourth-order valence-electron chi connectivity index (χ4n) is 2.97. The molecular formula is C18H31N3O4Y-2. The molecule has 0 aliphatic heterocycles. The zero-order valence-electron chi connectivity index (χ0n) is 16.0. The minimum Gasteiger partial charge on any atom is -0.478 e. The number of carboxylic acids is 1. The number of amidine groups is 1. The van der Waals surface area contributed by atoms with Crippen molar-refractivity contribution in [2.45, 2.75) is 52.7 Å². The van der Waals surface area contributed by atoms with Crippen LogP contribution in [0, 0.1) is 36.5 Å². The third-order valence-corrected chi connectivity index (χ3v) is 4.18. The Morgan fingerprint density at radius 1 is 1.50 bits per heavy atom. The Morgan fingerprint density at radius 2 is 2.00 bits per heavy atom. The molecule has 0 saturated heterocycles. The van der Waals surface area contributed by atoms with Crippen molar-refractivity contribution in [1.29, 1.82) is 5.41 Å². The Bertz CT molecular complexity index is 509. The minimum atomic E-state index is -1.04. The van der Waals surface area contributed by atoms with Crippen molar-refractivity contribution >= 4 is 17.7 Å². The van der Waals surface area contributed by atoms with Gasteiger partial charge in [0.1, 0.15) is 0 Å². The van der Waals surface area contributed by atoms with Crippen molar-refractivity contribution in [2.75, 3.05) is 0 Å². The first-order valence-electron chi connectivity index (χ1n) is 8.34. The van der Waals surface area contributed by atoms with Gasteiger partial charge >= 0.3 is 5.97 Å². The molecular weight excluding hydrogens is 411 g/mol. The van der Waals surface area contributed by atoms with Crippen LogP contribution in [-0.4, -0.2) is 40.1 Å². The molecule has 0 bridgehead atoms. The van der Waals surface area contributed by atoms with E-state index in [4.69, 9.17) is 11.1 Å². The number of aliphatic carboxylic acids is 1. The first-order valence-corrected chi connectivity index (χ1v) is 8.34. The summed E-state index contributed by atoms with van der Waals surface area (Å²) in [5, 5.41) is 29.3. The number of aliphatic hydroxyl groups excluding tert-OH is 1. The van der Waals surface area contributed by atoms with Crippen LogP contribution in [0.1, 0.15) is 40.5 Å². The second-order valence-electron chi connectivity index (χ2n) is 6.49. The molecule has 6 N–H and O–H groups in total. The molecule has 0 unspecified atom stereocenters. The average molecular weight is 442 g/mol. The Kier molecular flexibility index (Phi) is 14.1. The van der Waals surface area contributed by atoms with Gasteiger partial charge in [0, 0.05) is 63.6 Å². The van der Waals surface area contributed by atoms with E-state index in [-0.39, 0.29) is 74.7 Å². The van der Waals surface area contributed by atoms with Crippen molar-refractivity contribution in [1.82, 2.24) is 5.32 Å². The van der Waals surface area contributed by atoms with Crippen molar-refractivity contribution < 1.29 is 52.5 Å². The van der Waals surface area contributed by atoms with Gasteiger partial charge in [-0.1, -0.05) is 19.1 Å². The molecule has 5 atom stereocenters. The Labute approximate surface area is 181 Å². The molecule has 1 rings (SSSR count). The monoisotopic (exact) mass is 442 g/mol. The van der Waals surface area contributed by atoms with Gasteiger partial charge in [0.15, 0.2) is 0 Å². The molecule has 0 aromatic heterocycles. The third kappa shape index (κ3) is 9.24. The number of rotatable bonds is 6. The van der Waals surface area contributed by atoms with Gasteiger partial charge in [0.2, 0.25) is 5.91 Å². The Morgan fingerprint density at radius 3 is 2.35 bits per heavy atom. The van der Waals surface area contributed by atoms with Crippen molar-refractivity contribution in [3.8, 4) is 0 Å². The maximum Gasteiger partial charge on any atom is 0.331 e. The topological polar surface area (TPSA) is 136 Å². The zero-order chi connectivity index (χ0) is 19.7. The predicted octanol–water partition coefficient (Wildman–Crippen LogP) is 1.52. The van der Waals surface area contributed by atoms with Gasteiger partial charge < -0.3 is 34.6 Å². The summed E-state index contributed by atoms with van der Waals surface area (Å²) in [4.78, 5) is 22.8. The first kappa shape index (κ1) is 27.4. The molecule has 1 amide bonds. The van der Waals surface area contributed by atoms with Crippen molar-refractivity contribution in [3.05, 3.63) is 25.0 Å². The molecule has 1 aliphatic carbocycles. The van der Waals surface area contributed by atoms with E-state index in [1.807, 2.05) is 20.3 Å². The Hall–Kier alpha value is -0.786. The van der Waals surface area contributed by atoms with E-state index in [1.165, 1.54) is 6.92 Å². The van der Waals surface area contributed by atoms with Gasteiger partial charge in [-0.2, -0.15) is 13.8 Å². The Balaban J connectivity index is 0. The number of carboxylic acid groups (broad SMARTS) is 1. The second-order valence-corrected chi connectivity index (χ2v) is 6.49. The molecule has 0 aromatic rings. The van der Waals surface area contributed by atoms with Gasteiger partial charge in [-0.05, 0) is 18.3 Å². The summed E-state index contributed by atoms with van der Waals surface area (Å²) in [7, 11) is 0. The molecule has 0 spiro atoms. The molecule has 0 fully saturated rings. The number of carbonyl (C=O) groups is 2. The molecule has 147 valence electrons.